The first kappa shape index (κ1) is 68.6. The number of hydrogen-bond acceptors (Lipinski definition) is 6. The molecule has 0 aromatic carbocycles. The van der Waals surface area contributed by atoms with Crippen molar-refractivity contribution in [1.29, 1.82) is 0 Å². The maximum absolute atomic E-state index is 12.9. The molecule has 0 fully saturated rings. The largest absolute Gasteiger partial charge is 0.462 e. The Morgan fingerprint density at radius 2 is 0.548 bits per heavy atom. The predicted molar refractivity (Wildman–Crippen MR) is 316 cm³/mol. The topological polar surface area (TPSA) is 78.9 Å². The third-order valence-corrected chi connectivity index (χ3v) is 12.1. The molecule has 0 N–H and O–H groups in total. The Hall–Kier alpha value is -4.45. The van der Waals surface area contributed by atoms with Gasteiger partial charge in [-0.25, -0.2) is 0 Å². The van der Waals surface area contributed by atoms with Gasteiger partial charge in [0.15, 0.2) is 6.10 Å². The van der Waals surface area contributed by atoms with Crippen LogP contribution < -0.4 is 0 Å². The molecule has 1 atom stereocenters. The second-order valence-corrected chi connectivity index (χ2v) is 19.2. The second-order valence-electron chi connectivity index (χ2n) is 19.2. The molecule has 0 aliphatic carbocycles. The number of rotatable bonds is 52. The van der Waals surface area contributed by atoms with Gasteiger partial charge >= 0.3 is 17.9 Å². The minimum absolute atomic E-state index is 0.111. The second kappa shape index (κ2) is 60.1. The summed E-state index contributed by atoms with van der Waals surface area (Å²) >= 11 is 0. The zero-order valence-corrected chi connectivity index (χ0v) is 47.1. The first-order chi connectivity index (χ1) is 36.0. The van der Waals surface area contributed by atoms with Crippen LogP contribution in [0.1, 0.15) is 252 Å². The van der Waals surface area contributed by atoms with Crippen LogP contribution in [0, 0.1) is 0 Å². The van der Waals surface area contributed by atoms with Crippen molar-refractivity contribution >= 4 is 17.9 Å². The molecule has 0 saturated carbocycles. The van der Waals surface area contributed by atoms with Crippen molar-refractivity contribution in [2.75, 3.05) is 13.2 Å². The fourth-order valence-electron chi connectivity index (χ4n) is 7.67. The van der Waals surface area contributed by atoms with Crippen LogP contribution in [0.4, 0.5) is 0 Å². The molecule has 0 heterocycles. The number of carbonyl (C=O) groups is 3. The van der Waals surface area contributed by atoms with Crippen molar-refractivity contribution in [3.63, 3.8) is 0 Å². The molecule has 0 aliphatic heterocycles. The summed E-state index contributed by atoms with van der Waals surface area (Å²) in [4.78, 5) is 38.2. The van der Waals surface area contributed by atoms with E-state index in [1.54, 1.807) is 0 Å². The summed E-state index contributed by atoms with van der Waals surface area (Å²) in [7, 11) is 0. The summed E-state index contributed by atoms with van der Waals surface area (Å²) in [5.74, 6) is -0.995. The van der Waals surface area contributed by atoms with Gasteiger partial charge in [0, 0.05) is 19.3 Å². The SMILES string of the molecule is CC/C=C\C/C=C\C/C=C\C/C=C\C/C=C\C/C=C\C/C=C\CCCC(=O)OCC(COC(=O)CCCCCCC/C=C\C/C=C\CCCCC)OC(=O)CCCCCCCCC/C=C\C/C=C\CCCCC. The Balaban J connectivity index is 4.53. The van der Waals surface area contributed by atoms with Crippen LogP contribution in [0.5, 0.6) is 0 Å². The lowest BCUT2D eigenvalue weighted by Gasteiger charge is -2.18. The molecule has 6 heteroatoms. The van der Waals surface area contributed by atoms with Gasteiger partial charge in [-0.2, -0.15) is 0 Å². The monoisotopic (exact) mass is 1010 g/mol. The summed E-state index contributed by atoms with van der Waals surface area (Å²) in [6.07, 6.45) is 84.4. The Morgan fingerprint density at radius 1 is 0.288 bits per heavy atom. The summed E-state index contributed by atoms with van der Waals surface area (Å²) < 4.78 is 16.8. The lowest BCUT2D eigenvalue weighted by atomic mass is 10.1. The van der Waals surface area contributed by atoms with E-state index in [0.717, 1.165) is 128 Å². The summed E-state index contributed by atoms with van der Waals surface area (Å²) in [5.41, 5.74) is 0. The van der Waals surface area contributed by atoms with Crippen molar-refractivity contribution in [2.24, 2.45) is 0 Å². The standard InChI is InChI=1S/C67H108O6/c1-4-7-10-13-16-19-22-25-28-30-31-32-33-34-35-37-39-42-45-48-51-54-57-60-66(69)72-63-64(62-71-65(68)59-56-53-50-47-44-41-38-27-24-21-18-15-12-9-6-3)73-67(70)61-58-55-52-49-46-43-40-36-29-26-23-20-17-14-11-8-5-2/h7,10,16-21,25-29,31-32,34-35,38-39,42,48,51,64H,4-6,8-9,11-15,22-24,30,33,36-37,40-41,43-47,49-50,52-63H2,1-3H3/b10-7-,19-16-,20-17-,21-18-,28-25-,29-26-,32-31-,35-34-,38-27-,42-39-,51-48-. The number of esters is 3. The van der Waals surface area contributed by atoms with Crippen LogP contribution in [0.25, 0.3) is 0 Å². The molecular formula is C67H108O6. The Morgan fingerprint density at radius 3 is 0.890 bits per heavy atom. The van der Waals surface area contributed by atoms with E-state index < -0.39 is 6.10 Å². The molecule has 0 radical (unpaired) electrons. The zero-order chi connectivity index (χ0) is 52.9. The number of hydrogen-bond donors (Lipinski definition) is 0. The fourth-order valence-corrected chi connectivity index (χ4v) is 7.67. The molecular weight excluding hydrogens is 901 g/mol. The van der Waals surface area contributed by atoms with Crippen LogP contribution in [-0.2, 0) is 28.6 Å². The summed E-state index contributed by atoms with van der Waals surface area (Å²) in [6.45, 7) is 6.40. The minimum atomic E-state index is -0.817. The average molecular weight is 1010 g/mol. The molecule has 0 amide bonds. The molecule has 1 unspecified atom stereocenters. The number of allylic oxidation sites excluding steroid dienone is 22. The molecule has 0 saturated heterocycles. The van der Waals surface area contributed by atoms with E-state index in [0.29, 0.717) is 19.3 Å². The molecule has 0 spiro atoms. The van der Waals surface area contributed by atoms with Gasteiger partial charge in [-0.3, -0.25) is 14.4 Å². The Bertz CT molecular complexity index is 1580. The Labute approximate surface area is 449 Å². The average Bonchev–Trinajstić information content (AvgIpc) is 3.39. The normalized spacial score (nSPS) is 13.1. The van der Waals surface area contributed by atoms with Crippen LogP contribution in [-0.4, -0.2) is 37.2 Å². The van der Waals surface area contributed by atoms with E-state index in [9.17, 15) is 14.4 Å². The molecule has 6 nitrogen and oxygen atoms in total. The molecule has 73 heavy (non-hydrogen) atoms. The first-order valence-electron chi connectivity index (χ1n) is 29.7. The van der Waals surface area contributed by atoms with Crippen LogP contribution >= 0.6 is 0 Å². The molecule has 0 bridgehead atoms. The van der Waals surface area contributed by atoms with Gasteiger partial charge in [0.1, 0.15) is 13.2 Å². The van der Waals surface area contributed by atoms with Crippen molar-refractivity contribution < 1.29 is 28.6 Å². The highest BCUT2D eigenvalue weighted by Crippen LogP contribution is 2.13. The number of ether oxygens (including phenoxy) is 3. The van der Waals surface area contributed by atoms with E-state index in [4.69, 9.17) is 14.2 Å². The molecule has 0 aromatic rings. The summed E-state index contributed by atoms with van der Waals surface area (Å²) in [5, 5.41) is 0. The number of carbonyl (C=O) groups excluding carboxylic acids is 3. The van der Waals surface area contributed by atoms with Gasteiger partial charge in [0.05, 0.1) is 0 Å². The third-order valence-electron chi connectivity index (χ3n) is 12.1. The van der Waals surface area contributed by atoms with E-state index >= 15 is 0 Å². The van der Waals surface area contributed by atoms with Gasteiger partial charge in [0.25, 0.3) is 0 Å². The van der Waals surface area contributed by atoms with E-state index in [-0.39, 0.29) is 37.5 Å². The third kappa shape index (κ3) is 58.3. The first-order valence-corrected chi connectivity index (χ1v) is 29.7. The molecule has 412 valence electrons. The van der Waals surface area contributed by atoms with Gasteiger partial charge in [-0.1, -0.05) is 231 Å². The van der Waals surface area contributed by atoms with Crippen molar-refractivity contribution in [1.82, 2.24) is 0 Å². The van der Waals surface area contributed by atoms with Gasteiger partial charge in [-0.15, -0.1) is 0 Å². The highest BCUT2D eigenvalue weighted by molar-refractivity contribution is 5.71. The quantitative estimate of drug-likeness (QED) is 0.0261. The van der Waals surface area contributed by atoms with Crippen LogP contribution in [0.2, 0.25) is 0 Å². The van der Waals surface area contributed by atoms with Crippen molar-refractivity contribution in [3.05, 3.63) is 134 Å². The van der Waals surface area contributed by atoms with Crippen LogP contribution in [0.15, 0.2) is 134 Å². The van der Waals surface area contributed by atoms with Crippen LogP contribution in [0.3, 0.4) is 0 Å². The lowest BCUT2D eigenvalue weighted by Crippen LogP contribution is -2.30. The minimum Gasteiger partial charge on any atom is -0.462 e. The van der Waals surface area contributed by atoms with E-state index in [1.807, 2.05) is 0 Å². The van der Waals surface area contributed by atoms with Gasteiger partial charge in [-0.05, 0) is 135 Å². The lowest BCUT2D eigenvalue weighted by molar-refractivity contribution is -0.167. The van der Waals surface area contributed by atoms with E-state index in [2.05, 4.69) is 154 Å². The van der Waals surface area contributed by atoms with Gasteiger partial charge < -0.3 is 14.2 Å². The molecule has 0 aliphatic rings. The maximum Gasteiger partial charge on any atom is 0.306 e. The smallest absolute Gasteiger partial charge is 0.306 e. The molecule has 0 aromatic heterocycles. The Kier molecular flexibility index (Phi) is 56.4. The van der Waals surface area contributed by atoms with Crippen molar-refractivity contribution in [3.8, 4) is 0 Å². The fraction of sp³-hybridized carbons (Fsp3) is 0.627. The van der Waals surface area contributed by atoms with Gasteiger partial charge in [0.2, 0.25) is 0 Å². The highest BCUT2D eigenvalue weighted by atomic mass is 16.6. The van der Waals surface area contributed by atoms with Crippen molar-refractivity contribution in [2.45, 2.75) is 258 Å². The maximum atomic E-state index is 12.9. The zero-order valence-electron chi connectivity index (χ0n) is 47.1. The predicted octanol–water partition coefficient (Wildman–Crippen LogP) is 20.2. The highest BCUT2D eigenvalue weighted by Gasteiger charge is 2.19. The number of unbranched alkanes of at least 4 members (excludes halogenated alkanes) is 19. The van der Waals surface area contributed by atoms with E-state index in [1.165, 1.54) is 77.0 Å². The molecule has 0 rings (SSSR count). The summed E-state index contributed by atoms with van der Waals surface area (Å²) in [6, 6.07) is 0.